The topological polar surface area (TPSA) is 55.1 Å². The molecular weight excluding hydrogens is 240 g/mol. The van der Waals surface area contributed by atoms with E-state index in [-0.39, 0.29) is 6.42 Å². The molecule has 0 aliphatic carbocycles. The van der Waals surface area contributed by atoms with Crippen molar-refractivity contribution in [1.82, 2.24) is 9.55 Å². The Kier molecular flexibility index (Phi) is 3.07. The van der Waals surface area contributed by atoms with Gasteiger partial charge in [-0.25, -0.2) is 4.98 Å². The van der Waals surface area contributed by atoms with E-state index in [4.69, 9.17) is 16.7 Å². The summed E-state index contributed by atoms with van der Waals surface area (Å²) >= 11 is 6.06. The molecule has 1 N–H and O–H groups in total. The minimum Gasteiger partial charge on any atom is -0.481 e. The van der Waals surface area contributed by atoms with Crippen LogP contribution in [0.5, 0.6) is 0 Å². The average molecular weight is 253 g/mol. The fourth-order valence-corrected chi connectivity index (χ4v) is 2.11. The van der Waals surface area contributed by atoms with E-state index in [1.54, 1.807) is 0 Å². The Morgan fingerprint density at radius 3 is 2.88 bits per heavy atom. The van der Waals surface area contributed by atoms with Crippen LogP contribution < -0.4 is 0 Å². The van der Waals surface area contributed by atoms with Crippen LogP contribution in [0.3, 0.4) is 0 Å². The van der Waals surface area contributed by atoms with E-state index in [2.05, 4.69) is 4.98 Å². The van der Waals surface area contributed by atoms with E-state index in [0.717, 1.165) is 22.4 Å². The minimum absolute atomic E-state index is 0.0872. The number of hydrogen-bond acceptors (Lipinski definition) is 2. The van der Waals surface area contributed by atoms with Crippen molar-refractivity contribution in [3.63, 3.8) is 0 Å². The lowest BCUT2D eigenvalue weighted by Crippen LogP contribution is -2.03. The number of nitrogens with zero attached hydrogens (tertiary/aromatic N) is 2. The zero-order chi connectivity index (χ0) is 12.6. The highest BCUT2D eigenvalue weighted by Crippen LogP contribution is 2.25. The Bertz CT molecular complexity index is 590. The number of aliphatic carboxylic acids is 1. The largest absolute Gasteiger partial charge is 0.481 e. The molecule has 1 aromatic carbocycles. The normalized spacial score (nSPS) is 11.0. The quantitative estimate of drug-likeness (QED) is 0.913. The van der Waals surface area contributed by atoms with Gasteiger partial charge in [-0.15, -0.1) is 0 Å². The van der Waals surface area contributed by atoms with Crippen LogP contribution in [-0.4, -0.2) is 20.6 Å². The fourth-order valence-electron chi connectivity index (χ4n) is 1.96. The number of fused-ring (bicyclic) bond motifs is 1. The second-order valence-corrected chi connectivity index (χ2v) is 4.43. The number of halogens is 1. The first-order chi connectivity index (χ1) is 8.00. The number of carbonyl (C=O) groups is 1. The molecule has 0 atom stereocenters. The van der Waals surface area contributed by atoms with Crippen molar-refractivity contribution in [2.45, 2.75) is 19.8 Å². The molecule has 0 aliphatic rings. The molecule has 4 nitrogen and oxygen atoms in total. The van der Waals surface area contributed by atoms with Crippen LogP contribution in [-0.2, 0) is 18.3 Å². The SMILES string of the molecule is Cc1c(Cl)ccc2nc(CCC(=O)O)n(C)c12. The van der Waals surface area contributed by atoms with Crippen molar-refractivity contribution in [1.29, 1.82) is 0 Å². The third kappa shape index (κ3) is 2.13. The molecule has 0 amide bonds. The third-order valence-corrected chi connectivity index (χ3v) is 3.29. The maximum absolute atomic E-state index is 10.6. The zero-order valence-corrected chi connectivity index (χ0v) is 10.5. The molecule has 0 saturated heterocycles. The summed E-state index contributed by atoms with van der Waals surface area (Å²) in [7, 11) is 1.88. The predicted octanol–water partition coefficient (Wildman–Crippen LogP) is 2.55. The lowest BCUT2D eigenvalue weighted by molar-refractivity contribution is -0.137. The maximum atomic E-state index is 10.6. The summed E-state index contributed by atoms with van der Waals surface area (Å²) in [5.74, 6) is -0.0421. The summed E-state index contributed by atoms with van der Waals surface area (Å²) in [6.07, 6.45) is 0.515. The molecule has 0 saturated carbocycles. The highest BCUT2D eigenvalue weighted by molar-refractivity contribution is 6.32. The summed E-state index contributed by atoms with van der Waals surface area (Å²) in [5.41, 5.74) is 2.80. The Morgan fingerprint density at radius 2 is 2.24 bits per heavy atom. The van der Waals surface area contributed by atoms with Gasteiger partial charge in [-0.1, -0.05) is 11.6 Å². The van der Waals surface area contributed by atoms with Crippen molar-refractivity contribution in [2.24, 2.45) is 7.05 Å². The van der Waals surface area contributed by atoms with Gasteiger partial charge in [-0.2, -0.15) is 0 Å². The number of benzene rings is 1. The molecule has 0 spiro atoms. The van der Waals surface area contributed by atoms with Gasteiger partial charge in [0.2, 0.25) is 0 Å². The molecule has 0 bridgehead atoms. The van der Waals surface area contributed by atoms with Gasteiger partial charge < -0.3 is 9.67 Å². The van der Waals surface area contributed by atoms with Gasteiger partial charge in [0.05, 0.1) is 17.5 Å². The van der Waals surface area contributed by atoms with Crippen molar-refractivity contribution >= 4 is 28.6 Å². The van der Waals surface area contributed by atoms with Crippen LogP contribution in [0.15, 0.2) is 12.1 Å². The molecule has 2 aromatic rings. The van der Waals surface area contributed by atoms with Crippen LogP contribution in [0, 0.1) is 6.92 Å². The van der Waals surface area contributed by atoms with Gasteiger partial charge in [0.15, 0.2) is 0 Å². The average Bonchev–Trinajstić information content (AvgIpc) is 2.59. The Hall–Kier alpha value is -1.55. The van der Waals surface area contributed by atoms with E-state index < -0.39 is 5.97 Å². The van der Waals surface area contributed by atoms with Gasteiger partial charge in [-0.05, 0) is 24.6 Å². The summed E-state index contributed by atoms with van der Waals surface area (Å²) in [6.45, 7) is 1.94. The Morgan fingerprint density at radius 1 is 1.53 bits per heavy atom. The molecule has 1 heterocycles. The van der Waals surface area contributed by atoms with Crippen LogP contribution in [0.2, 0.25) is 5.02 Å². The Labute approximate surface area is 104 Å². The van der Waals surface area contributed by atoms with Gasteiger partial charge >= 0.3 is 5.97 Å². The van der Waals surface area contributed by atoms with Crippen LogP contribution in [0.4, 0.5) is 0 Å². The molecule has 17 heavy (non-hydrogen) atoms. The second kappa shape index (κ2) is 4.37. The molecule has 0 aliphatic heterocycles. The van der Waals surface area contributed by atoms with E-state index in [9.17, 15) is 4.79 Å². The zero-order valence-electron chi connectivity index (χ0n) is 9.70. The first kappa shape index (κ1) is 11.9. The van der Waals surface area contributed by atoms with Gasteiger partial charge in [0, 0.05) is 18.5 Å². The summed E-state index contributed by atoms with van der Waals surface area (Å²) in [6, 6.07) is 3.67. The first-order valence-electron chi connectivity index (χ1n) is 5.33. The van der Waals surface area contributed by atoms with Crippen molar-refractivity contribution in [2.75, 3.05) is 0 Å². The Balaban J connectivity index is 2.50. The molecule has 0 radical (unpaired) electrons. The number of hydrogen-bond donors (Lipinski definition) is 1. The van der Waals surface area contributed by atoms with E-state index in [0.29, 0.717) is 11.4 Å². The van der Waals surface area contributed by atoms with Crippen LogP contribution >= 0.6 is 11.6 Å². The minimum atomic E-state index is -0.813. The van der Waals surface area contributed by atoms with E-state index in [1.165, 1.54) is 0 Å². The number of carboxylic acid groups (broad SMARTS) is 1. The lowest BCUT2D eigenvalue weighted by Gasteiger charge is -2.03. The standard InChI is InChI=1S/C12H13ClN2O2/c1-7-8(13)3-4-9-12(7)15(2)10(14-9)5-6-11(16)17/h3-4H,5-6H2,1-2H3,(H,16,17). The number of imidazole rings is 1. The smallest absolute Gasteiger partial charge is 0.303 e. The highest BCUT2D eigenvalue weighted by atomic mass is 35.5. The predicted molar refractivity (Wildman–Crippen MR) is 66.4 cm³/mol. The van der Waals surface area contributed by atoms with Crippen molar-refractivity contribution in [3.05, 3.63) is 28.5 Å². The van der Waals surface area contributed by atoms with E-state index >= 15 is 0 Å². The molecule has 90 valence electrons. The maximum Gasteiger partial charge on any atom is 0.303 e. The molecule has 2 rings (SSSR count). The van der Waals surface area contributed by atoms with E-state index in [1.807, 2.05) is 30.7 Å². The van der Waals surface area contributed by atoms with Gasteiger partial charge in [-0.3, -0.25) is 4.79 Å². The van der Waals surface area contributed by atoms with Crippen LogP contribution in [0.25, 0.3) is 11.0 Å². The lowest BCUT2D eigenvalue weighted by atomic mass is 10.2. The van der Waals surface area contributed by atoms with Gasteiger partial charge in [0.25, 0.3) is 0 Å². The third-order valence-electron chi connectivity index (χ3n) is 2.88. The number of aryl methyl sites for hydroxylation is 3. The van der Waals surface area contributed by atoms with Crippen molar-refractivity contribution < 1.29 is 9.90 Å². The first-order valence-corrected chi connectivity index (χ1v) is 5.70. The molecule has 0 fully saturated rings. The molecule has 5 heteroatoms. The highest BCUT2D eigenvalue weighted by Gasteiger charge is 2.12. The molecular formula is C12H13ClN2O2. The second-order valence-electron chi connectivity index (χ2n) is 4.02. The molecule has 1 aromatic heterocycles. The number of carboxylic acids is 1. The van der Waals surface area contributed by atoms with Gasteiger partial charge in [0.1, 0.15) is 5.82 Å². The summed E-state index contributed by atoms with van der Waals surface area (Å²) in [4.78, 5) is 15.0. The molecule has 0 unspecified atom stereocenters. The monoisotopic (exact) mass is 252 g/mol. The number of aromatic nitrogens is 2. The fraction of sp³-hybridized carbons (Fsp3) is 0.333. The van der Waals surface area contributed by atoms with Crippen LogP contribution in [0.1, 0.15) is 17.8 Å². The van der Waals surface area contributed by atoms with Crippen molar-refractivity contribution in [3.8, 4) is 0 Å². The number of rotatable bonds is 3. The summed E-state index contributed by atoms with van der Waals surface area (Å²) < 4.78 is 1.92. The summed E-state index contributed by atoms with van der Waals surface area (Å²) in [5, 5.41) is 9.38.